The average Bonchev–Trinajstić information content (AvgIpc) is 2.40. The largest absolute Gasteiger partial charge is 0.444 e. The van der Waals surface area contributed by atoms with Crippen molar-refractivity contribution in [1.29, 1.82) is 0 Å². The van der Waals surface area contributed by atoms with Crippen LogP contribution in [0.25, 0.3) is 12.2 Å². The molecular weight excluding hydrogens is 270 g/mol. The molecule has 0 aliphatic heterocycles. The molecule has 0 aliphatic rings. The molecule has 0 bridgehead atoms. The van der Waals surface area contributed by atoms with E-state index in [0.717, 1.165) is 0 Å². The van der Waals surface area contributed by atoms with Gasteiger partial charge in [0.15, 0.2) is 0 Å². The van der Waals surface area contributed by atoms with Gasteiger partial charge >= 0.3 is 6.09 Å². The Morgan fingerprint density at radius 2 is 1.81 bits per heavy atom. The number of ether oxygens (including phenoxy) is 1. The van der Waals surface area contributed by atoms with E-state index in [0.29, 0.717) is 10.7 Å². The molecule has 0 atom stereocenters. The molecule has 0 fully saturated rings. The van der Waals surface area contributed by atoms with Gasteiger partial charge in [0.25, 0.3) is 5.56 Å². The molecule has 1 aromatic rings. The standard InChI is InChI=1S/C13H19N3O3.C2H6/c1-6-8-9(7-2)15-11(17)10(14-8)16-12(18)19-13(3,4)5;1-2/h6-7H,1-5H3,(H,15,17)(H,14,16,18);1-2H3/b8-6+,9-7+;. The number of H-pyrrole nitrogens is 1. The number of hydrogen-bond donors (Lipinski definition) is 2. The van der Waals surface area contributed by atoms with Gasteiger partial charge in [-0.15, -0.1) is 0 Å². The highest BCUT2D eigenvalue weighted by Crippen LogP contribution is 2.07. The first kappa shape index (κ1) is 18.9. The van der Waals surface area contributed by atoms with Gasteiger partial charge in [-0.1, -0.05) is 26.0 Å². The molecule has 0 spiro atoms. The van der Waals surface area contributed by atoms with Crippen molar-refractivity contribution >= 4 is 24.1 Å². The van der Waals surface area contributed by atoms with E-state index in [2.05, 4.69) is 15.3 Å². The molecule has 0 aliphatic carbocycles. The van der Waals surface area contributed by atoms with Gasteiger partial charge in [-0.2, -0.15) is 0 Å². The topological polar surface area (TPSA) is 84.1 Å². The molecular formula is C15H25N3O3. The third-order valence-electron chi connectivity index (χ3n) is 2.15. The van der Waals surface area contributed by atoms with Crippen LogP contribution in [-0.4, -0.2) is 21.7 Å². The zero-order chi connectivity index (χ0) is 16.6. The smallest absolute Gasteiger partial charge is 0.413 e. The minimum atomic E-state index is -0.708. The fourth-order valence-electron chi connectivity index (χ4n) is 1.40. The molecule has 1 heterocycles. The molecule has 2 N–H and O–H groups in total. The number of rotatable bonds is 1. The highest BCUT2D eigenvalue weighted by Gasteiger charge is 2.17. The number of carbonyl (C=O) groups excluding carboxylic acids is 1. The first-order valence-corrected chi connectivity index (χ1v) is 7.00. The third kappa shape index (κ3) is 6.25. The Hall–Kier alpha value is -2.11. The molecule has 0 radical (unpaired) electrons. The number of anilines is 1. The summed E-state index contributed by atoms with van der Waals surface area (Å²) in [6, 6.07) is 0. The van der Waals surface area contributed by atoms with Crippen LogP contribution < -0.4 is 21.6 Å². The summed E-state index contributed by atoms with van der Waals surface area (Å²) in [5, 5.41) is 3.55. The highest BCUT2D eigenvalue weighted by atomic mass is 16.6. The zero-order valence-corrected chi connectivity index (χ0v) is 13.8. The van der Waals surface area contributed by atoms with Gasteiger partial charge in [0.2, 0.25) is 5.82 Å². The maximum atomic E-state index is 11.7. The van der Waals surface area contributed by atoms with E-state index < -0.39 is 17.3 Å². The summed E-state index contributed by atoms with van der Waals surface area (Å²) in [6.07, 6.45) is 2.77. The van der Waals surface area contributed by atoms with Crippen LogP contribution in [-0.2, 0) is 4.74 Å². The second kappa shape index (κ2) is 8.24. The molecule has 1 amide bonds. The summed E-state index contributed by atoms with van der Waals surface area (Å²) in [6.45, 7) is 12.8. The number of nitrogens with zero attached hydrogens (tertiary/aromatic N) is 1. The van der Waals surface area contributed by atoms with Gasteiger partial charge < -0.3 is 9.72 Å². The van der Waals surface area contributed by atoms with Crippen LogP contribution in [0.3, 0.4) is 0 Å². The summed E-state index contributed by atoms with van der Waals surface area (Å²) in [4.78, 5) is 30.1. The Bertz CT molecular complexity index is 640. The van der Waals surface area contributed by atoms with E-state index in [-0.39, 0.29) is 5.82 Å². The second-order valence-corrected chi connectivity index (χ2v) is 4.92. The van der Waals surface area contributed by atoms with Crippen LogP contribution in [0.5, 0.6) is 0 Å². The maximum Gasteiger partial charge on any atom is 0.413 e. The molecule has 6 heteroatoms. The minimum absolute atomic E-state index is 0.0760. The summed E-state index contributed by atoms with van der Waals surface area (Å²) in [5.74, 6) is -0.0760. The first-order chi connectivity index (χ1) is 9.76. The summed E-state index contributed by atoms with van der Waals surface area (Å²) < 4.78 is 5.07. The number of amides is 1. The molecule has 1 rings (SSSR count). The van der Waals surface area contributed by atoms with Crippen molar-refractivity contribution in [3.8, 4) is 0 Å². The molecule has 0 aromatic carbocycles. The molecule has 0 unspecified atom stereocenters. The van der Waals surface area contributed by atoms with E-state index >= 15 is 0 Å². The number of nitrogens with one attached hydrogen (secondary N) is 2. The SMILES string of the molecule is C/C=c1/nc(NC(=O)OC(C)(C)C)c(=O)[nH]/c1=C/C.CC. The van der Waals surface area contributed by atoms with Crippen molar-refractivity contribution in [2.24, 2.45) is 0 Å². The number of hydrogen-bond acceptors (Lipinski definition) is 4. The van der Waals surface area contributed by atoms with Gasteiger partial charge in [0, 0.05) is 0 Å². The number of aromatic amines is 1. The average molecular weight is 295 g/mol. The maximum absolute atomic E-state index is 11.7. The quantitative estimate of drug-likeness (QED) is 0.826. The molecule has 0 saturated heterocycles. The van der Waals surface area contributed by atoms with Crippen molar-refractivity contribution < 1.29 is 9.53 Å². The lowest BCUT2D eigenvalue weighted by Gasteiger charge is -2.19. The molecule has 6 nitrogen and oxygen atoms in total. The molecule has 118 valence electrons. The van der Waals surface area contributed by atoms with Gasteiger partial charge in [0.05, 0.1) is 10.7 Å². The Kier molecular flexibility index (Phi) is 7.41. The molecule has 0 saturated carbocycles. The Morgan fingerprint density at radius 1 is 1.24 bits per heavy atom. The third-order valence-corrected chi connectivity index (χ3v) is 2.15. The van der Waals surface area contributed by atoms with E-state index in [4.69, 9.17) is 4.74 Å². The van der Waals surface area contributed by atoms with Crippen LogP contribution in [0, 0.1) is 0 Å². The molecule has 21 heavy (non-hydrogen) atoms. The van der Waals surface area contributed by atoms with Gasteiger partial charge in [-0.25, -0.2) is 9.78 Å². The number of aromatic nitrogens is 2. The predicted molar refractivity (Wildman–Crippen MR) is 85.6 cm³/mol. The Balaban J connectivity index is 0.00000191. The summed E-state index contributed by atoms with van der Waals surface area (Å²) in [7, 11) is 0. The summed E-state index contributed by atoms with van der Waals surface area (Å²) >= 11 is 0. The van der Waals surface area contributed by atoms with Crippen molar-refractivity contribution in [2.45, 2.75) is 54.1 Å². The summed E-state index contributed by atoms with van der Waals surface area (Å²) in [5.41, 5.74) is -1.10. The van der Waals surface area contributed by atoms with E-state index in [1.54, 1.807) is 46.8 Å². The highest BCUT2D eigenvalue weighted by molar-refractivity contribution is 5.83. The fourth-order valence-corrected chi connectivity index (χ4v) is 1.40. The van der Waals surface area contributed by atoms with Crippen LogP contribution in [0.15, 0.2) is 4.79 Å². The minimum Gasteiger partial charge on any atom is -0.444 e. The Labute approximate surface area is 124 Å². The second-order valence-electron chi connectivity index (χ2n) is 4.92. The van der Waals surface area contributed by atoms with Crippen molar-refractivity contribution in [3.63, 3.8) is 0 Å². The lowest BCUT2D eigenvalue weighted by Crippen LogP contribution is -2.40. The normalized spacial score (nSPS) is 12.5. The van der Waals surface area contributed by atoms with E-state index in [1.807, 2.05) is 13.8 Å². The van der Waals surface area contributed by atoms with E-state index in [1.165, 1.54) is 0 Å². The van der Waals surface area contributed by atoms with Gasteiger partial charge in [0.1, 0.15) is 5.60 Å². The van der Waals surface area contributed by atoms with Gasteiger partial charge in [-0.05, 0) is 34.6 Å². The van der Waals surface area contributed by atoms with Crippen molar-refractivity contribution in [1.82, 2.24) is 9.97 Å². The lowest BCUT2D eigenvalue weighted by atomic mass is 10.2. The number of carbonyl (C=O) groups is 1. The van der Waals surface area contributed by atoms with Crippen LogP contribution in [0.1, 0.15) is 48.5 Å². The van der Waals surface area contributed by atoms with E-state index in [9.17, 15) is 9.59 Å². The zero-order valence-electron chi connectivity index (χ0n) is 13.8. The van der Waals surface area contributed by atoms with Crippen molar-refractivity contribution in [2.75, 3.05) is 5.32 Å². The van der Waals surface area contributed by atoms with Gasteiger partial charge in [-0.3, -0.25) is 10.1 Å². The van der Waals surface area contributed by atoms with Crippen LogP contribution in [0.2, 0.25) is 0 Å². The lowest BCUT2D eigenvalue weighted by molar-refractivity contribution is 0.0635. The van der Waals surface area contributed by atoms with Crippen molar-refractivity contribution in [3.05, 3.63) is 21.1 Å². The first-order valence-electron chi connectivity index (χ1n) is 7.00. The Morgan fingerprint density at radius 3 is 2.24 bits per heavy atom. The van der Waals surface area contributed by atoms with Crippen LogP contribution in [0.4, 0.5) is 10.6 Å². The monoisotopic (exact) mass is 295 g/mol. The fraction of sp³-hybridized carbons (Fsp3) is 0.533. The molecule has 1 aromatic heterocycles. The predicted octanol–water partition coefficient (Wildman–Crippen LogP) is 1.74. The van der Waals surface area contributed by atoms with Crippen LogP contribution >= 0.6 is 0 Å².